The number of para-hydroxylation sites is 1. The maximum atomic E-state index is 12.9. The number of nitrogens with zero attached hydrogens (tertiary/aromatic N) is 1. The highest BCUT2D eigenvalue weighted by Crippen LogP contribution is 2.26. The van der Waals surface area contributed by atoms with Gasteiger partial charge in [-0.3, -0.25) is 9.62 Å². The summed E-state index contributed by atoms with van der Waals surface area (Å²) in [6, 6.07) is 13.7. The smallest absolute Gasteiger partial charge is 0.337 e. The molecule has 0 atom stereocenters. The van der Waals surface area contributed by atoms with Gasteiger partial charge in [0.1, 0.15) is 0 Å². The van der Waals surface area contributed by atoms with Crippen molar-refractivity contribution in [3.8, 4) is 0 Å². The van der Waals surface area contributed by atoms with E-state index in [1.807, 2.05) is 18.2 Å². The summed E-state index contributed by atoms with van der Waals surface area (Å²) in [7, 11) is -0.375. The predicted molar refractivity (Wildman–Crippen MR) is 113 cm³/mol. The first-order valence-corrected chi connectivity index (χ1v) is 11.4. The fraction of sp³-hybridized carbons (Fsp3) is 0.409. The van der Waals surface area contributed by atoms with Crippen LogP contribution in [-0.2, 0) is 21.3 Å². The Balaban J connectivity index is 1.76. The Bertz CT molecular complexity index is 936. The van der Waals surface area contributed by atoms with Crippen molar-refractivity contribution >= 4 is 21.7 Å². The van der Waals surface area contributed by atoms with E-state index in [1.54, 1.807) is 6.07 Å². The van der Waals surface area contributed by atoms with Gasteiger partial charge in [0.2, 0.25) is 0 Å². The van der Waals surface area contributed by atoms with Crippen molar-refractivity contribution in [3.05, 3.63) is 59.7 Å². The third kappa shape index (κ3) is 5.36. The zero-order chi connectivity index (χ0) is 20.9. The zero-order valence-electron chi connectivity index (χ0n) is 16.9. The van der Waals surface area contributed by atoms with Gasteiger partial charge in [-0.1, -0.05) is 37.5 Å². The standard InChI is InChI=1S/C22H28N2O4S/c1-24(19-9-4-3-5-10-19)16-18-8-6-7-11-21(18)23-29(26,27)20-14-12-17(13-15-20)22(25)28-2/h6-8,11-15,19,23H,3-5,9-10,16H2,1-2H3. The number of benzene rings is 2. The highest BCUT2D eigenvalue weighted by Gasteiger charge is 2.21. The van der Waals surface area contributed by atoms with Crippen molar-refractivity contribution < 1.29 is 17.9 Å². The lowest BCUT2D eigenvalue weighted by molar-refractivity contribution is 0.0600. The molecule has 0 unspecified atom stereocenters. The molecule has 1 saturated carbocycles. The molecular formula is C22H28N2O4S. The van der Waals surface area contributed by atoms with Crippen LogP contribution in [0.4, 0.5) is 5.69 Å². The van der Waals surface area contributed by atoms with Crippen LogP contribution in [0.2, 0.25) is 0 Å². The molecule has 2 aromatic rings. The van der Waals surface area contributed by atoms with Crippen LogP contribution in [-0.4, -0.2) is 39.5 Å². The number of hydrogen-bond acceptors (Lipinski definition) is 5. The molecule has 29 heavy (non-hydrogen) atoms. The lowest BCUT2D eigenvalue weighted by atomic mass is 9.94. The van der Waals surface area contributed by atoms with E-state index in [1.165, 1.54) is 63.5 Å². The second-order valence-electron chi connectivity index (χ2n) is 7.49. The summed E-state index contributed by atoms with van der Waals surface area (Å²) in [5.41, 5.74) is 1.82. The van der Waals surface area contributed by atoms with Gasteiger partial charge in [-0.05, 0) is 55.8 Å². The molecule has 3 rings (SSSR count). The topological polar surface area (TPSA) is 75.7 Å². The number of carbonyl (C=O) groups is 1. The van der Waals surface area contributed by atoms with E-state index in [0.29, 0.717) is 23.8 Å². The van der Waals surface area contributed by atoms with Gasteiger partial charge in [-0.2, -0.15) is 0 Å². The second-order valence-corrected chi connectivity index (χ2v) is 9.17. The SMILES string of the molecule is COC(=O)c1ccc(S(=O)(=O)Nc2ccccc2CN(C)C2CCCCC2)cc1. The average Bonchev–Trinajstić information content (AvgIpc) is 2.75. The molecule has 1 aliphatic rings. The van der Waals surface area contributed by atoms with Crippen LogP contribution < -0.4 is 4.72 Å². The highest BCUT2D eigenvalue weighted by molar-refractivity contribution is 7.92. The molecule has 0 radical (unpaired) electrons. The number of carbonyl (C=O) groups excluding carboxylic acids is 1. The molecule has 1 fully saturated rings. The van der Waals surface area contributed by atoms with Gasteiger partial charge >= 0.3 is 5.97 Å². The molecule has 2 aromatic carbocycles. The number of sulfonamides is 1. The van der Waals surface area contributed by atoms with Crippen molar-refractivity contribution in [2.24, 2.45) is 0 Å². The summed E-state index contributed by atoms with van der Waals surface area (Å²) in [5, 5.41) is 0. The lowest BCUT2D eigenvalue weighted by Gasteiger charge is -2.31. The fourth-order valence-electron chi connectivity index (χ4n) is 3.77. The van der Waals surface area contributed by atoms with Crippen LogP contribution >= 0.6 is 0 Å². The minimum absolute atomic E-state index is 0.0978. The van der Waals surface area contributed by atoms with Crippen LogP contribution in [0.1, 0.15) is 48.0 Å². The quantitative estimate of drug-likeness (QED) is 0.690. The molecule has 0 amide bonds. The fourth-order valence-corrected chi connectivity index (χ4v) is 4.87. The first kappa shape index (κ1) is 21.3. The van der Waals surface area contributed by atoms with Gasteiger partial charge in [0.15, 0.2) is 0 Å². The number of esters is 1. The van der Waals surface area contributed by atoms with Crippen LogP contribution in [0.5, 0.6) is 0 Å². The number of anilines is 1. The van der Waals surface area contributed by atoms with Gasteiger partial charge in [-0.15, -0.1) is 0 Å². The third-order valence-electron chi connectivity index (χ3n) is 5.47. The monoisotopic (exact) mass is 416 g/mol. The van der Waals surface area contributed by atoms with E-state index in [9.17, 15) is 13.2 Å². The molecule has 0 aliphatic heterocycles. The van der Waals surface area contributed by atoms with E-state index in [0.717, 1.165) is 5.56 Å². The number of nitrogens with one attached hydrogen (secondary N) is 1. The van der Waals surface area contributed by atoms with E-state index >= 15 is 0 Å². The summed E-state index contributed by atoms with van der Waals surface area (Å²) in [4.78, 5) is 14.0. The molecule has 7 heteroatoms. The Kier molecular flexibility index (Phi) is 6.92. The van der Waals surface area contributed by atoms with Crippen LogP contribution in [0, 0.1) is 0 Å². The Labute approximate surface area is 172 Å². The summed E-state index contributed by atoms with van der Waals surface area (Å²) < 4.78 is 33.1. The maximum absolute atomic E-state index is 12.9. The normalized spacial score (nSPS) is 15.3. The van der Waals surface area contributed by atoms with Crippen molar-refractivity contribution in [2.75, 3.05) is 18.9 Å². The largest absolute Gasteiger partial charge is 0.465 e. The molecular weight excluding hydrogens is 388 g/mol. The maximum Gasteiger partial charge on any atom is 0.337 e. The summed E-state index contributed by atoms with van der Waals surface area (Å²) in [6.07, 6.45) is 6.19. The van der Waals surface area contributed by atoms with Gasteiger partial charge in [0.05, 0.1) is 23.3 Å². The molecule has 156 valence electrons. The van der Waals surface area contributed by atoms with E-state index in [4.69, 9.17) is 0 Å². The minimum Gasteiger partial charge on any atom is -0.465 e. The van der Waals surface area contributed by atoms with Crippen molar-refractivity contribution in [1.29, 1.82) is 0 Å². The summed E-state index contributed by atoms with van der Waals surface area (Å²) in [5.74, 6) is -0.502. The van der Waals surface area contributed by atoms with Crippen molar-refractivity contribution in [3.63, 3.8) is 0 Å². The van der Waals surface area contributed by atoms with E-state index in [-0.39, 0.29) is 4.90 Å². The highest BCUT2D eigenvalue weighted by atomic mass is 32.2. The molecule has 0 saturated heterocycles. The van der Waals surface area contributed by atoms with Gasteiger partial charge in [0.25, 0.3) is 10.0 Å². The zero-order valence-corrected chi connectivity index (χ0v) is 17.7. The molecule has 0 aromatic heterocycles. The summed E-state index contributed by atoms with van der Waals surface area (Å²) in [6.45, 7) is 0.685. The van der Waals surface area contributed by atoms with Crippen molar-refractivity contribution in [1.82, 2.24) is 4.90 Å². The average molecular weight is 417 g/mol. The number of hydrogen-bond donors (Lipinski definition) is 1. The summed E-state index contributed by atoms with van der Waals surface area (Å²) >= 11 is 0. The second kappa shape index (κ2) is 9.41. The van der Waals surface area contributed by atoms with Crippen LogP contribution in [0.15, 0.2) is 53.4 Å². The number of methoxy groups -OCH3 is 1. The molecule has 1 N–H and O–H groups in total. The molecule has 1 aliphatic carbocycles. The van der Waals surface area contributed by atoms with Crippen LogP contribution in [0.25, 0.3) is 0 Å². The molecule has 0 bridgehead atoms. The number of rotatable bonds is 7. The van der Waals surface area contributed by atoms with Crippen molar-refractivity contribution in [2.45, 2.75) is 49.6 Å². The Morgan fingerprint density at radius 3 is 2.38 bits per heavy atom. The molecule has 6 nitrogen and oxygen atoms in total. The Morgan fingerprint density at radius 2 is 1.72 bits per heavy atom. The van der Waals surface area contributed by atoms with Crippen LogP contribution in [0.3, 0.4) is 0 Å². The Morgan fingerprint density at radius 1 is 1.07 bits per heavy atom. The Hall–Kier alpha value is -2.38. The number of ether oxygens (including phenoxy) is 1. The first-order chi connectivity index (χ1) is 13.9. The first-order valence-electron chi connectivity index (χ1n) is 9.90. The minimum atomic E-state index is -3.77. The third-order valence-corrected chi connectivity index (χ3v) is 6.85. The van der Waals surface area contributed by atoms with Gasteiger partial charge < -0.3 is 4.74 Å². The predicted octanol–water partition coefficient (Wildman–Crippen LogP) is 4.04. The van der Waals surface area contributed by atoms with E-state index < -0.39 is 16.0 Å². The van der Waals surface area contributed by atoms with Gasteiger partial charge in [0, 0.05) is 12.6 Å². The molecule has 0 heterocycles. The van der Waals surface area contributed by atoms with E-state index in [2.05, 4.69) is 21.4 Å². The molecule has 0 spiro atoms. The van der Waals surface area contributed by atoms with Gasteiger partial charge in [-0.25, -0.2) is 13.2 Å². The lowest BCUT2D eigenvalue weighted by Crippen LogP contribution is -2.33.